The molecule has 35 heavy (non-hydrogen) atoms. The number of anilines is 1. The van der Waals surface area contributed by atoms with Crippen molar-refractivity contribution in [1.29, 1.82) is 0 Å². The molecule has 0 atom stereocenters. The van der Waals surface area contributed by atoms with Gasteiger partial charge in [-0.2, -0.15) is 18.3 Å². The van der Waals surface area contributed by atoms with Crippen LogP contribution in [0.15, 0.2) is 76.7 Å². The Hall–Kier alpha value is -3.66. The van der Waals surface area contributed by atoms with Crippen LogP contribution in [0, 0.1) is 20.8 Å². The van der Waals surface area contributed by atoms with E-state index in [0.29, 0.717) is 10.4 Å². The zero-order valence-corrected chi connectivity index (χ0v) is 20.1. The lowest BCUT2D eigenvalue weighted by Crippen LogP contribution is -2.39. The van der Waals surface area contributed by atoms with Gasteiger partial charge in [-0.1, -0.05) is 36.4 Å². The Morgan fingerprint density at radius 1 is 0.971 bits per heavy atom. The minimum atomic E-state index is -4.69. The van der Waals surface area contributed by atoms with Gasteiger partial charge in [-0.3, -0.25) is 9.10 Å². The number of carbonyl (C=O) groups is 1. The molecule has 0 aromatic heterocycles. The van der Waals surface area contributed by atoms with Crippen molar-refractivity contribution < 1.29 is 26.4 Å². The zero-order chi connectivity index (χ0) is 25.8. The molecule has 1 amide bonds. The SMILES string of the molecule is Cc1ccc(/C=N\NC(=O)CN(c2cccc(C(F)(F)F)c2)S(=O)(=O)c2ccccc2)c(C)c1C. The van der Waals surface area contributed by atoms with E-state index >= 15 is 0 Å². The van der Waals surface area contributed by atoms with Crippen molar-refractivity contribution in [3.8, 4) is 0 Å². The molecule has 0 spiro atoms. The fraction of sp³-hybridized carbons (Fsp3) is 0.200. The van der Waals surface area contributed by atoms with E-state index in [1.807, 2.05) is 32.9 Å². The third-order valence-electron chi connectivity index (χ3n) is 5.57. The van der Waals surface area contributed by atoms with Gasteiger partial charge in [0.05, 0.1) is 22.4 Å². The van der Waals surface area contributed by atoms with Gasteiger partial charge in [0.2, 0.25) is 0 Å². The number of carbonyl (C=O) groups excluding carboxylic acids is 1. The molecule has 1 N–H and O–H groups in total. The summed E-state index contributed by atoms with van der Waals surface area (Å²) in [6, 6.07) is 14.7. The molecule has 10 heteroatoms. The van der Waals surface area contributed by atoms with Crippen molar-refractivity contribution >= 4 is 27.8 Å². The minimum Gasteiger partial charge on any atom is -0.271 e. The maximum absolute atomic E-state index is 13.3. The standard InChI is InChI=1S/C25H24F3N3O3S/c1-17-12-13-20(19(3)18(17)2)15-29-30-24(32)16-31(35(33,34)23-10-5-4-6-11-23)22-9-7-8-21(14-22)25(26,27)28/h4-15H,16H2,1-3H3,(H,30,32)/b29-15-. The largest absolute Gasteiger partial charge is 0.416 e. The number of halogens is 3. The van der Waals surface area contributed by atoms with Crippen LogP contribution in [-0.2, 0) is 21.0 Å². The number of benzene rings is 3. The number of aryl methyl sites for hydroxylation is 1. The van der Waals surface area contributed by atoms with Crippen molar-refractivity contribution in [2.45, 2.75) is 31.8 Å². The van der Waals surface area contributed by atoms with Crippen LogP contribution in [-0.4, -0.2) is 27.1 Å². The van der Waals surface area contributed by atoms with E-state index < -0.39 is 34.2 Å². The molecule has 184 valence electrons. The van der Waals surface area contributed by atoms with Crippen LogP contribution in [0.3, 0.4) is 0 Å². The third kappa shape index (κ3) is 6.07. The Bertz CT molecular complexity index is 1360. The molecule has 0 unspecified atom stereocenters. The van der Waals surface area contributed by atoms with Gasteiger partial charge >= 0.3 is 6.18 Å². The normalized spacial score (nSPS) is 12.1. The number of nitrogens with zero attached hydrogens (tertiary/aromatic N) is 2. The van der Waals surface area contributed by atoms with Crippen molar-refractivity contribution in [1.82, 2.24) is 5.43 Å². The predicted octanol–water partition coefficient (Wildman–Crippen LogP) is 4.98. The first-order valence-corrected chi connectivity index (χ1v) is 12.0. The van der Waals surface area contributed by atoms with Crippen LogP contribution in [0.2, 0.25) is 0 Å². The number of hydrazone groups is 1. The lowest BCUT2D eigenvalue weighted by molar-refractivity contribution is -0.137. The Morgan fingerprint density at radius 3 is 2.31 bits per heavy atom. The van der Waals surface area contributed by atoms with Crippen molar-refractivity contribution in [3.05, 3.63) is 94.5 Å². The lowest BCUT2D eigenvalue weighted by atomic mass is 10.00. The maximum Gasteiger partial charge on any atom is 0.416 e. The van der Waals surface area contributed by atoms with Crippen molar-refractivity contribution in [2.24, 2.45) is 5.10 Å². The van der Waals surface area contributed by atoms with Gasteiger partial charge in [-0.05, 0) is 73.4 Å². The highest BCUT2D eigenvalue weighted by Gasteiger charge is 2.33. The van der Waals surface area contributed by atoms with Crippen LogP contribution in [0.1, 0.15) is 27.8 Å². The molecule has 0 radical (unpaired) electrons. The highest BCUT2D eigenvalue weighted by atomic mass is 32.2. The molecule has 0 fully saturated rings. The summed E-state index contributed by atoms with van der Waals surface area (Å²) >= 11 is 0. The molecule has 0 aliphatic heterocycles. The summed E-state index contributed by atoms with van der Waals surface area (Å²) in [7, 11) is -4.35. The zero-order valence-electron chi connectivity index (χ0n) is 19.3. The van der Waals surface area contributed by atoms with E-state index in [1.165, 1.54) is 36.5 Å². The van der Waals surface area contributed by atoms with Gasteiger partial charge < -0.3 is 0 Å². The molecule has 3 aromatic carbocycles. The van der Waals surface area contributed by atoms with Crippen LogP contribution < -0.4 is 9.73 Å². The number of hydrogen-bond acceptors (Lipinski definition) is 4. The molecule has 0 aliphatic carbocycles. The summed E-state index contributed by atoms with van der Waals surface area (Å²) < 4.78 is 66.9. The smallest absolute Gasteiger partial charge is 0.271 e. The lowest BCUT2D eigenvalue weighted by Gasteiger charge is -2.24. The van der Waals surface area contributed by atoms with Gasteiger partial charge in [0.25, 0.3) is 15.9 Å². The average Bonchev–Trinajstić information content (AvgIpc) is 2.82. The fourth-order valence-electron chi connectivity index (χ4n) is 3.33. The number of sulfonamides is 1. The minimum absolute atomic E-state index is 0.167. The van der Waals surface area contributed by atoms with Crippen molar-refractivity contribution in [2.75, 3.05) is 10.8 Å². The molecule has 3 aromatic rings. The monoisotopic (exact) mass is 503 g/mol. The van der Waals surface area contributed by atoms with Gasteiger partial charge in [-0.15, -0.1) is 0 Å². The van der Waals surface area contributed by atoms with E-state index in [1.54, 1.807) is 6.07 Å². The second-order valence-electron chi connectivity index (χ2n) is 7.89. The highest BCUT2D eigenvalue weighted by Crippen LogP contribution is 2.33. The number of alkyl halides is 3. The average molecular weight is 504 g/mol. The van der Waals surface area contributed by atoms with E-state index in [0.717, 1.165) is 34.4 Å². The number of rotatable bonds is 7. The number of hydrogen-bond donors (Lipinski definition) is 1. The molecule has 3 rings (SSSR count). The molecule has 0 saturated heterocycles. The summed E-state index contributed by atoms with van der Waals surface area (Å²) in [5.41, 5.74) is 4.84. The van der Waals surface area contributed by atoms with Gasteiger partial charge in [-0.25, -0.2) is 13.8 Å². The second kappa shape index (κ2) is 10.3. The van der Waals surface area contributed by atoms with Gasteiger partial charge in [0.15, 0.2) is 0 Å². The first-order valence-electron chi connectivity index (χ1n) is 10.5. The Morgan fingerprint density at radius 2 is 1.66 bits per heavy atom. The second-order valence-corrected chi connectivity index (χ2v) is 9.75. The van der Waals surface area contributed by atoms with E-state index in [2.05, 4.69) is 10.5 Å². The molecule has 6 nitrogen and oxygen atoms in total. The first kappa shape index (κ1) is 26.0. The summed E-state index contributed by atoms with van der Waals surface area (Å²) in [6.45, 7) is 5.07. The maximum atomic E-state index is 13.3. The summed E-state index contributed by atoms with van der Waals surface area (Å²) in [4.78, 5) is 12.5. The number of nitrogens with one attached hydrogen (secondary N) is 1. The van der Waals surface area contributed by atoms with Crippen LogP contribution in [0.5, 0.6) is 0 Å². The molecule has 0 saturated carbocycles. The summed E-state index contributed by atoms with van der Waals surface area (Å²) in [6.07, 6.45) is -3.26. The molecular formula is C25H24F3N3O3S. The van der Waals surface area contributed by atoms with Crippen molar-refractivity contribution in [3.63, 3.8) is 0 Å². The van der Waals surface area contributed by atoms with Crippen LogP contribution in [0.25, 0.3) is 0 Å². The summed E-state index contributed by atoms with van der Waals surface area (Å²) in [5.74, 6) is -0.820. The van der Waals surface area contributed by atoms with Crippen LogP contribution >= 0.6 is 0 Å². The van der Waals surface area contributed by atoms with Crippen LogP contribution in [0.4, 0.5) is 18.9 Å². The topological polar surface area (TPSA) is 78.8 Å². The molecule has 0 bridgehead atoms. The van der Waals surface area contributed by atoms with Gasteiger partial charge in [0, 0.05) is 0 Å². The predicted molar refractivity (Wildman–Crippen MR) is 129 cm³/mol. The molecule has 0 aliphatic rings. The van der Waals surface area contributed by atoms with E-state index in [9.17, 15) is 26.4 Å². The Labute approximate surface area is 202 Å². The molecular weight excluding hydrogens is 479 g/mol. The fourth-order valence-corrected chi connectivity index (χ4v) is 4.76. The van der Waals surface area contributed by atoms with Gasteiger partial charge in [0.1, 0.15) is 6.54 Å². The third-order valence-corrected chi connectivity index (χ3v) is 7.36. The Kier molecular flexibility index (Phi) is 7.64. The van der Waals surface area contributed by atoms with E-state index in [-0.39, 0.29) is 10.6 Å². The first-order chi connectivity index (χ1) is 16.4. The summed E-state index contributed by atoms with van der Waals surface area (Å²) in [5, 5.41) is 3.91. The Balaban J connectivity index is 1.90. The van der Waals surface area contributed by atoms with E-state index in [4.69, 9.17) is 0 Å². The highest BCUT2D eigenvalue weighted by molar-refractivity contribution is 7.92. The number of amides is 1. The quantitative estimate of drug-likeness (QED) is 0.365. The molecule has 0 heterocycles.